The van der Waals surface area contributed by atoms with Crippen LogP contribution in [0, 0.1) is 5.92 Å². The van der Waals surface area contributed by atoms with E-state index in [-0.39, 0.29) is 12.3 Å². The third-order valence-corrected chi connectivity index (χ3v) is 10.0. The van der Waals surface area contributed by atoms with Crippen molar-refractivity contribution in [2.75, 3.05) is 26.3 Å². The zero-order valence-corrected chi connectivity index (χ0v) is 29.4. The van der Waals surface area contributed by atoms with E-state index >= 15 is 0 Å². The van der Waals surface area contributed by atoms with Crippen LogP contribution in [-0.4, -0.2) is 104 Å². The lowest BCUT2D eigenvalue weighted by Crippen LogP contribution is -2.59. The normalized spacial score (nSPS) is 18.3. The molecule has 1 aromatic carbocycles. The average Bonchev–Trinajstić information content (AvgIpc) is 3.67. The molecule has 0 spiro atoms. The van der Waals surface area contributed by atoms with Gasteiger partial charge in [0.2, 0.25) is 11.8 Å². The summed E-state index contributed by atoms with van der Waals surface area (Å²) >= 11 is 5.72. The molecule has 2 aliphatic rings. The van der Waals surface area contributed by atoms with Gasteiger partial charge in [-0.15, -0.1) is 0 Å². The number of rotatable bonds is 16. The number of thiocarbonyl (C=S) groups is 1. The number of H-pyrrole nitrogens is 1. The molecule has 1 saturated carbocycles. The average molecular weight is 706 g/mol. The molecule has 2 aromatic heterocycles. The summed E-state index contributed by atoms with van der Waals surface area (Å²) in [6, 6.07) is 12.8. The summed E-state index contributed by atoms with van der Waals surface area (Å²) in [4.78, 5) is 41.8. The molecule has 1 aliphatic heterocycles. The molecule has 0 bridgehead atoms. The largest absolute Gasteiger partial charge is 0.390 e. The molecule has 2 fully saturated rings. The summed E-state index contributed by atoms with van der Waals surface area (Å²) in [7, 11) is 0. The number of aromatic nitrogens is 3. The van der Waals surface area contributed by atoms with Gasteiger partial charge in [0.25, 0.3) is 0 Å². The number of carbonyl (C=O) groups excluding carboxylic acids is 2. The number of morpholine rings is 1. The maximum atomic E-state index is 14.2. The highest BCUT2D eigenvalue weighted by Crippen LogP contribution is 2.29. The molecule has 5 atom stereocenters. The number of aromatic amines is 1. The number of ether oxygens (including phenoxy) is 1. The summed E-state index contributed by atoms with van der Waals surface area (Å²) in [6.07, 6.45) is 9.81. The summed E-state index contributed by atoms with van der Waals surface area (Å²) in [5.41, 5.74) is 2.36. The van der Waals surface area contributed by atoms with Crippen LogP contribution in [-0.2, 0) is 33.6 Å². The fourth-order valence-corrected chi connectivity index (χ4v) is 7.11. The zero-order valence-electron chi connectivity index (χ0n) is 28.6. The van der Waals surface area contributed by atoms with Crippen molar-refractivity contribution in [3.63, 3.8) is 0 Å². The van der Waals surface area contributed by atoms with E-state index in [1.165, 1.54) is 12.7 Å². The second-order valence-corrected chi connectivity index (χ2v) is 13.8. The first-order chi connectivity index (χ1) is 24.4. The Hall–Kier alpha value is -3.91. The van der Waals surface area contributed by atoms with Crippen LogP contribution in [0.1, 0.15) is 61.9 Å². The van der Waals surface area contributed by atoms with Crippen molar-refractivity contribution in [3.8, 4) is 0 Å². The molecule has 270 valence electrons. The molecule has 2 amide bonds. The van der Waals surface area contributed by atoms with Crippen LogP contribution in [0.4, 0.5) is 0 Å². The van der Waals surface area contributed by atoms with E-state index in [1.54, 1.807) is 12.4 Å². The van der Waals surface area contributed by atoms with Gasteiger partial charge in [-0.05, 0) is 55.1 Å². The first-order valence-corrected chi connectivity index (χ1v) is 18.3. The van der Waals surface area contributed by atoms with Crippen molar-refractivity contribution in [2.45, 2.75) is 94.5 Å². The van der Waals surface area contributed by atoms with Gasteiger partial charge in [-0.25, -0.2) is 4.98 Å². The number of nitrogens with one attached hydrogen (secondary N) is 4. The minimum atomic E-state index is -1.20. The van der Waals surface area contributed by atoms with Crippen molar-refractivity contribution in [1.82, 2.24) is 35.8 Å². The molecular formula is C37H51N7O5S. The molecular weight excluding hydrogens is 655 g/mol. The monoisotopic (exact) mass is 705 g/mol. The third kappa shape index (κ3) is 11.6. The molecule has 1 aliphatic carbocycles. The van der Waals surface area contributed by atoms with Gasteiger partial charge in [-0.2, -0.15) is 0 Å². The van der Waals surface area contributed by atoms with Gasteiger partial charge in [0.05, 0.1) is 37.4 Å². The standard InChI is InChI=1S/C37H51N7O5S/c45-33(15-14-28-13-7-8-16-39-28)34(46)30(21-26-9-3-1-4-10-26)41-36(48)32(23-29-24-38-25-40-29)42-35(47)31(22-27-11-5-2-6-12-27)43-37(50)44-17-19-49-20-18-44/h2,5-8,11-13,16,24-26,30-34,45-46H,1,3-4,9-10,14-15,17-23H2,(H,38,40)(H,41,48)(H,42,47)(H,43,50)/t30-,31?,32?,33-,34+/m0/s1. The Labute approximate surface area is 299 Å². The number of carbonyl (C=O) groups is 2. The molecule has 5 rings (SSSR count). The van der Waals surface area contributed by atoms with Crippen LogP contribution in [0.15, 0.2) is 67.3 Å². The highest BCUT2D eigenvalue weighted by Gasteiger charge is 2.34. The van der Waals surface area contributed by atoms with Gasteiger partial charge >= 0.3 is 0 Å². The topological polar surface area (TPSA) is 165 Å². The smallest absolute Gasteiger partial charge is 0.243 e. The fourth-order valence-electron chi connectivity index (χ4n) is 6.79. The highest BCUT2D eigenvalue weighted by atomic mass is 32.1. The number of pyridine rings is 1. The van der Waals surface area contributed by atoms with E-state index < -0.39 is 36.2 Å². The summed E-state index contributed by atoms with van der Waals surface area (Å²) in [6.45, 7) is 2.34. The molecule has 13 heteroatoms. The molecule has 0 radical (unpaired) electrons. The minimum absolute atomic E-state index is 0.127. The molecule has 1 saturated heterocycles. The van der Waals surface area contributed by atoms with Crippen LogP contribution in [0.5, 0.6) is 0 Å². The molecule has 2 unspecified atom stereocenters. The van der Waals surface area contributed by atoms with Crippen LogP contribution in [0.25, 0.3) is 0 Å². The quantitative estimate of drug-likeness (QED) is 0.122. The molecule has 50 heavy (non-hydrogen) atoms. The lowest BCUT2D eigenvalue weighted by molar-refractivity contribution is -0.131. The van der Waals surface area contributed by atoms with Gasteiger partial charge in [-0.1, -0.05) is 68.5 Å². The number of hydrogen-bond acceptors (Lipinski definition) is 8. The van der Waals surface area contributed by atoms with Crippen molar-refractivity contribution < 1.29 is 24.5 Å². The van der Waals surface area contributed by atoms with Crippen LogP contribution >= 0.6 is 12.2 Å². The number of amides is 2. The minimum Gasteiger partial charge on any atom is -0.390 e. The Morgan fingerprint density at radius 2 is 1.62 bits per heavy atom. The Kier molecular flexibility index (Phi) is 14.5. The van der Waals surface area contributed by atoms with Gasteiger partial charge in [0.1, 0.15) is 18.2 Å². The maximum Gasteiger partial charge on any atom is 0.243 e. The van der Waals surface area contributed by atoms with Crippen molar-refractivity contribution in [3.05, 3.63) is 84.2 Å². The Balaban J connectivity index is 1.32. The van der Waals surface area contributed by atoms with Gasteiger partial charge in [0, 0.05) is 44.0 Å². The number of imidazole rings is 1. The van der Waals surface area contributed by atoms with Crippen LogP contribution in [0.2, 0.25) is 0 Å². The SMILES string of the molecule is O=C(N[C@@H](CC1CCCCC1)[C@@H](O)[C@@H](O)CCc1ccccn1)C(Cc1c[nH]cn1)NC(=O)C(Cc1ccccc1)NC(=S)N1CCOCC1. The van der Waals surface area contributed by atoms with E-state index in [0.29, 0.717) is 68.7 Å². The Morgan fingerprint density at radius 3 is 2.32 bits per heavy atom. The molecule has 3 heterocycles. The van der Waals surface area contributed by atoms with E-state index in [9.17, 15) is 19.8 Å². The predicted molar refractivity (Wildman–Crippen MR) is 194 cm³/mol. The van der Waals surface area contributed by atoms with Crippen molar-refractivity contribution in [1.29, 1.82) is 0 Å². The predicted octanol–water partition coefficient (Wildman–Crippen LogP) is 2.46. The van der Waals surface area contributed by atoms with Crippen LogP contribution < -0.4 is 16.0 Å². The lowest BCUT2D eigenvalue weighted by atomic mass is 9.82. The summed E-state index contributed by atoms with van der Waals surface area (Å²) in [5, 5.41) is 32.4. The molecule has 12 nitrogen and oxygen atoms in total. The molecule has 6 N–H and O–H groups in total. The second kappa shape index (κ2) is 19.5. The fraction of sp³-hybridized carbons (Fsp3) is 0.541. The lowest BCUT2D eigenvalue weighted by Gasteiger charge is -2.34. The number of hydrogen-bond donors (Lipinski definition) is 6. The van der Waals surface area contributed by atoms with E-state index in [2.05, 4.69) is 30.9 Å². The Bertz CT molecular complexity index is 1450. The van der Waals surface area contributed by atoms with E-state index in [1.807, 2.05) is 53.4 Å². The van der Waals surface area contributed by atoms with Gasteiger partial charge in [-0.3, -0.25) is 14.6 Å². The summed E-state index contributed by atoms with van der Waals surface area (Å²) in [5.74, 6) is -0.529. The second-order valence-electron chi connectivity index (χ2n) is 13.4. The first-order valence-electron chi connectivity index (χ1n) is 17.9. The number of aliphatic hydroxyl groups is 2. The summed E-state index contributed by atoms with van der Waals surface area (Å²) < 4.78 is 5.47. The number of benzene rings is 1. The molecule has 3 aromatic rings. The zero-order chi connectivity index (χ0) is 35.1. The van der Waals surface area contributed by atoms with Gasteiger partial charge in [0.15, 0.2) is 5.11 Å². The maximum absolute atomic E-state index is 14.2. The number of nitrogens with zero attached hydrogens (tertiary/aromatic N) is 3. The first kappa shape index (κ1) is 37.3. The van der Waals surface area contributed by atoms with E-state index in [0.717, 1.165) is 36.9 Å². The van der Waals surface area contributed by atoms with Crippen molar-refractivity contribution >= 4 is 29.1 Å². The van der Waals surface area contributed by atoms with Gasteiger partial charge < -0.3 is 40.8 Å². The van der Waals surface area contributed by atoms with E-state index in [4.69, 9.17) is 17.0 Å². The van der Waals surface area contributed by atoms with Crippen molar-refractivity contribution in [2.24, 2.45) is 5.92 Å². The van der Waals surface area contributed by atoms with Crippen LogP contribution in [0.3, 0.4) is 0 Å². The number of aryl methyl sites for hydroxylation is 1. The number of aliphatic hydroxyl groups excluding tert-OH is 2. The Morgan fingerprint density at radius 1 is 0.900 bits per heavy atom. The highest BCUT2D eigenvalue weighted by molar-refractivity contribution is 7.80. The third-order valence-electron chi connectivity index (χ3n) is 9.66.